The number of nitrogens with zero attached hydrogens (tertiary/aromatic N) is 1. The molecule has 1 aliphatic heterocycles. The molecule has 18 heavy (non-hydrogen) atoms. The molecule has 0 bridgehead atoms. The summed E-state index contributed by atoms with van der Waals surface area (Å²) in [4.78, 5) is 2.36. The van der Waals surface area contributed by atoms with Crippen molar-refractivity contribution in [3.8, 4) is 0 Å². The van der Waals surface area contributed by atoms with Crippen LogP contribution < -0.4 is 5.73 Å². The molecule has 0 spiro atoms. The molecule has 1 fully saturated rings. The van der Waals surface area contributed by atoms with Crippen molar-refractivity contribution >= 4 is 0 Å². The number of rotatable bonds is 5. The summed E-state index contributed by atoms with van der Waals surface area (Å²) in [5, 5.41) is 8.93. The van der Waals surface area contributed by atoms with Gasteiger partial charge in [0.1, 0.15) is 5.82 Å². The Morgan fingerprint density at radius 2 is 2.28 bits per heavy atom. The van der Waals surface area contributed by atoms with Gasteiger partial charge in [-0.25, -0.2) is 4.39 Å². The fourth-order valence-electron chi connectivity index (χ4n) is 2.62. The topological polar surface area (TPSA) is 49.5 Å². The van der Waals surface area contributed by atoms with Crippen molar-refractivity contribution in [2.75, 3.05) is 19.7 Å². The average molecular weight is 252 g/mol. The third kappa shape index (κ3) is 3.28. The summed E-state index contributed by atoms with van der Waals surface area (Å²) in [5.41, 5.74) is 7.20. The Kier molecular flexibility index (Phi) is 4.69. The van der Waals surface area contributed by atoms with Crippen LogP contribution in [0.1, 0.15) is 24.0 Å². The summed E-state index contributed by atoms with van der Waals surface area (Å²) < 4.78 is 13.3. The minimum Gasteiger partial charge on any atom is -0.396 e. The third-order valence-electron chi connectivity index (χ3n) is 3.64. The van der Waals surface area contributed by atoms with Crippen LogP contribution in [0.25, 0.3) is 0 Å². The minimum atomic E-state index is -0.221. The molecule has 1 atom stereocenters. The lowest BCUT2D eigenvalue weighted by molar-refractivity contribution is 0.249. The number of halogens is 1. The summed E-state index contributed by atoms with van der Waals surface area (Å²) in [5.74, 6) is 0.380. The lowest BCUT2D eigenvalue weighted by atomic mass is 10.1. The van der Waals surface area contributed by atoms with Gasteiger partial charge in [0, 0.05) is 31.8 Å². The second-order valence-electron chi connectivity index (χ2n) is 5.03. The van der Waals surface area contributed by atoms with Gasteiger partial charge in [-0.2, -0.15) is 0 Å². The summed E-state index contributed by atoms with van der Waals surface area (Å²) in [6.45, 7) is 3.43. The number of nitrogens with two attached hydrogens (primary N) is 1. The molecule has 1 aliphatic rings. The Bertz CT molecular complexity index is 397. The van der Waals surface area contributed by atoms with Crippen molar-refractivity contribution in [2.45, 2.75) is 25.9 Å². The van der Waals surface area contributed by atoms with Crippen molar-refractivity contribution in [2.24, 2.45) is 11.7 Å². The maximum absolute atomic E-state index is 13.3. The minimum absolute atomic E-state index is 0.221. The molecule has 3 nitrogen and oxygen atoms in total. The molecule has 100 valence electrons. The summed E-state index contributed by atoms with van der Waals surface area (Å²) in [6.07, 6.45) is 2.03. The van der Waals surface area contributed by atoms with Crippen LogP contribution >= 0.6 is 0 Å². The first-order chi connectivity index (χ1) is 8.72. The van der Waals surface area contributed by atoms with Crippen LogP contribution in [0.4, 0.5) is 4.39 Å². The van der Waals surface area contributed by atoms with Crippen LogP contribution in [0.15, 0.2) is 18.2 Å². The number of aliphatic hydroxyl groups excluding tert-OH is 1. The van der Waals surface area contributed by atoms with Gasteiger partial charge in [0.05, 0.1) is 0 Å². The summed E-state index contributed by atoms with van der Waals surface area (Å²) in [7, 11) is 0. The maximum Gasteiger partial charge on any atom is 0.127 e. The quantitative estimate of drug-likeness (QED) is 0.834. The highest BCUT2D eigenvalue weighted by Gasteiger charge is 2.21. The highest BCUT2D eigenvalue weighted by molar-refractivity contribution is 5.25. The molecular formula is C14H21FN2O. The van der Waals surface area contributed by atoms with E-state index in [4.69, 9.17) is 10.8 Å². The zero-order valence-corrected chi connectivity index (χ0v) is 10.6. The second kappa shape index (κ2) is 6.27. The highest BCUT2D eigenvalue weighted by Crippen LogP contribution is 2.21. The van der Waals surface area contributed by atoms with Crippen molar-refractivity contribution < 1.29 is 9.50 Å². The van der Waals surface area contributed by atoms with Crippen LogP contribution in [0, 0.1) is 11.7 Å². The van der Waals surface area contributed by atoms with E-state index >= 15 is 0 Å². The molecule has 2 rings (SSSR count). The Morgan fingerprint density at radius 1 is 1.44 bits per heavy atom. The molecule has 0 aromatic heterocycles. The zero-order valence-electron chi connectivity index (χ0n) is 10.6. The fourth-order valence-corrected chi connectivity index (χ4v) is 2.62. The van der Waals surface area contributed by atoms with Gasteiger partial charge in [-0.15, -0.1) is 0 Å². The number of hydrogen-bond acceptors (Lipinski definition) is 3. The molecule has 0 radical (unpaired) electrons. The number of benzene rings is 1. The molecule has 1 aromatic carbocycles. The molecule has 1 unspecified atom stereocenters. The van der Waals surface area contributed by atoms with Gasteiger partial charge in [-0.1, -0.05) is 12.1 Å². The van der Waals surface area contributed by atoms with E-state index < -0.39 is 0 Å². The third-order valence-corrected chi connectivity index (χ3v) is 3.64. The summed E-state index contributed by atoms with van der Waals surface area (Å²) in [6, 6.07) is 5.18. The van der Waals surface area contributed by atoms with Gasteiger partial charge in [0.15, 0.2) is 0 Å². The molecule has 0 amide bonds. The lowest BCUT2D eigenvalue weighted by Crippen LogP contribution is -2.20. The van der Waals surface area contributed by atoms with Gasteiger partial charge in [0.2, 0.25) is 0 Å². The van der Waals surface area contributed by atoms with Gasteiger partial charge in [-0.05, 0) is 36.9 Å². The second-order valence-corrected chi connectivity index (χ2v) is 5.03. The molecule has 1 saturated heterocycles. The van der Waals surface area contributed by atoms with E-state index in [2.05, 4.69) is 4.90 Å². The SMILES string of the molecule is NCc1cc(CN2CCC(CCO)C2)ccc1F. The van der Waals surface area contributed by atoms with E-state index in [9.17, 15) is 4.39 Å². The number of hydrogen-bond donors (Lipinski definition) is 2. The van der Waals surface area contributed by atoms with Crippen LogP contribution in [0.2, 0.25) is 0 Å². The van der Waals surface area contributed by atoms with Crippen molar-refractivity contribution in [1.82, 2.24) is 4.90 Å². The highest BCUT2D eigenvalue weighted by atomic mass is 19.1. The Balaban J connectivity index is 1.94. The van der Waals surface area contributed by atoms with Gasteiger partial charge in [0.25, 0.3) is 0 Å². The Morgan fingerprint density at radius 3 is 3.00 bits per heavy atom. The monoisotopic (exact) mass is 252 g/mol. The zero-order chi connectivity index (χ0) is 13.0. The predicted molar refractivity (Wildman–Crippen MR) is 69.4 cm³/mol. The van der Waals surface area contributed by atoms with Crippen molar-refractivity contribution in [3.05, 3.63) is 35.1 Å². The molecule has 4 heteroatoms. The first kappa shape index (κ1) is 13.5. The Labute approximate surface area is 107 Å². The van der Waals surface area contributed by atoms with Gasteiger partial charge < -0.3 is 10.8 Å². The van der Waals surface area contributed by atoms with Crippen LogP contribution in [-0.2, 0) is 13.1 Å². The Hall–Kier alpha value is -0.970. The lowest BCUT2D eigenvalue weighted by Gasteiger charge is -2.16. The number of aliphatic hydroxyl groups is 1. The molecule has 3 N–H and O–H groups in total. The van der Waals surface area contributed by atoms with Crippen molar-refractivity contribution in [1.29, 1.82) is 0 Å². The first-order valence-electron chi connectivity index (χ1n) is 6.53. The molecule has 1 aromatic rings. The van der Waals surface area contributed by atoms with E-state index in [-0.39, 0.29) is 19.0 Å². The van der Waals surface area contributed by atoms with Crippen LogP contribution in [-0.4, -0.2) is 29.7 Å². The standard InChI is InChI=1S/C14H21FN2O/c15-14-2-1-12(7-13(14)8-16)10-17-5-3-11(9-17)4-6-18/h1-2,7,11,18H,3-6,8-10,16H2. The fraction of sp³-hybridized carbons (Fsp3) is 0.571. The normalized spacial score (nSPS) is 20.5. The van der Waals surface area contributed by atoms with E-state index in [1.807, 2.05) is 12.1 Å². The van der Waals surface area contributed by atoms with Crippen LogP contribution in [0.3, 0.4) is 0 Å². The number of likely N-dealkylation sites (tertiary alicyclic amines) is 1. The van der Waals surface area contributed by atoms with Crippen molar-refractivity contribution in [3.63, 3.8) is 0 Å². The van der Waals surface area contributed by atoms with E-state index in [0.29, 0.717) is 11.5 Å². The largest absolute Gasteiger partial charge is 0.396 e. The van der Waals surface area contributed by atoms with E-state index in [1.54, 1.807) is 0 Å². The van der Waals surface area contributed by atoms with Gasteiger partial charge >= 0.3 is 0 Å². The predicted octanol–water partition coefficient (Wildman–Crippen LogP) is 1.49. The molecular weight excluding hydrogens is 231 g/mol. The molecule has 0 saturated carbocycles. The summed E-state index contributed by atoms with van der Waals surface area (Å²) >= 11 is 0. The maximum atomic E-state index is 13.3. The average Bonchev–Trinajstić information content (AvgIpc) is 2.80. The first-order valence-corrected chi connectivity index (χ1v) is 6.53. The van der Waals surface area contributed by atoms with Gasteiger partial charge in [-0.3, -0.25) is 4.90 Å². The molecule has 0 aliphatic carbocycles. The van der Waals surface area contributed by atoms with E-state index in [1.165, 1.54) is 6.07 Å². The van der Waals surface area contributed by atoms with E-state index in [0.717, 1.165) is 38.0 Å². The molecule has 1 heterocycles. The van der Waals surface area contributed by atoms with Crippen LogP contribution in [0.5, 0.6) is 0 Å². The smallest absolute Gasteiger partial charge is 0.127 e.